The first-order valence-electron chi connectivity index (χ1n) is 5.79. The lowest BCUT2D eigenvalue weighted by atomic mass is 9.93. The SMILES string of the molecule is CCCCCC(C)(CCCCl)OC(C)=O. The molecule has 0 heterocycles. The summed E-state index contributed by atoms with van der Waals surface area (Å²) >= 11 is 5.66. The molecule has 0 saturated carbocycles. The number of esters is 1. The highest BCUT2D eigenvalue weighted by Crippen LogP contribution is 2.25. The van der Waals surface area contributed by atoms with Crippen LogP contribution in [-0.4, -0.2) is 17.5 Å². The Balaban J connectivity index is 4.07. The van der Waals surface area contributed by atoms with Crippen LogP contribution in [0.1, 0.15) is 59.3 Å². The fraction of sp³-hybridized carbons (Fsp3) is 0.917. The molecule has 0 aliphatic rings. The van der Waals surface area contributed by atoms with Gasteiger partial charge in [0.15, 0.2) is 0 Å². The van der Waals surface area contributed by atoms with Gasteiger partial charge in [-0.25, -0.2) is 0 Å². The van der Waals surface area contributed by atoms with Gasteiger partial charge in [-0.3, -0.25) is 4.79 Å². The van der Waals surface area contributed by atoms with Crippen molar-refractivity contribution in [3.63, 3.8) is 0 Å². The number of unbranched alkanes of at least 4 members (excludes halogenated alkanes) is 2. The van der Waals surface area contributed by atoms with E-state index in [1.165, 1.54) is 19.8 Å². The molecule has 0 aromatic carbocycles. The largest absolute Gasteiger partial charge is 0.460 e. The van der Waals surface area contributed by atoms with Crippen LogP contribution in [0.15, 0.2) is 0 Å². The standard InChI is InChI=1S/C12H23ClO2/c1-4-5-6-8-12(3,9-7-10-13)15-11(2)14/h4-10H2,1-3H3. The van der Waals surface area contributed by atoms with Crippen LogP contribution in [0.5, 0.6) is 0 Å². The number of carbonyl (C=O) groups excluding carboxylic acids is 1. The van der Waals surface area contributed by atoms with Crippen molar-refractivity contribution < 1.29 is 9.53 Å². The van der Waals surface area contributed by atoms with E-state index in [9.17, 15) is 4.79 Å². The van der Waals surface area contributed by atoms with Crippen molar-refractivity contribution in [3.8, 4) is 0 Å². The van der Waals surface area contributed by atoms with Crippen molar-refractivity contribution in [1.29, 1.82) is 0 Å². The first kappa shape index (κ1) is 14.8. The second-order valence-corrected chi connectivity index (χ2v) is 4.67. The Hall–Kier alpha value is -0.240. The molecule has 0 bridgehead atoms. The highest BCUT2D eigenvalue weighted by atomic mass is 35.5. The van der Waals surface area contributed by atoms with Crippen molar-refractivity contribution in [2.45, 2.75) is 64.9 Å². The average molecular weight is 235 g/mol. The summed E-state index contributed by atoms with van der Waals surface area (Å²) < 4.78 is 5.39. The molecule has 0 saturated heterocycles. The third-order valence-electron chi connectivity index (χ3n) is 2.54. The van der Waals surface area contributed by atoms with Crippen LogP contribution in [0.2, 0.25) is 0 Å². The molecule has 0 amide bonds. The molecule has 0 radical (unpaired) electrons. The first-order valence-corrected chi connectivity index (χ1v) is 6.33. The molecule has 0 aromatic heterocycles. The molecule has 0 rings (SSSR count). The Morgan fingerprint density at radius 1 is 1.27 bits per heavy atom. The van der Waals surface area contributed by atoms with Gasteiger partial charge in [0.05, 0.1) is 0 Å². The molecule has 0 aromatic rings. The highest BCUT2D eigenvalue weighted by Gasteiger charge is 2.26. The Labute approximate surface area is 98.3 Å². The lowest BCUT2D eigenvalue weighted by Gasteiger charge is -2.29. The van der Waals surface area contributed by atoms with Crippen LogP contribution in [0.25, 0.3) is 0 Å². The van der Waals surface area contributed by atoms with Gasteiger partial charge in [-0.1, -0.05) is 19.8 Å². The number of ether oxygens (including phenoxy) is 1. The quantitative estimate of drug-likeness (QED) is 0.362. The minimum Gasteiger partial charge on any atom is -0.460 e. The summed E-state index contributed by atoms with van der Waals surface area (Å²) in [5.74, 6) is 0.438. The van der Waals surface area contributed by atoms with Gasteiger partial charge in [-0.2, -0.15) is 0 Å². The van der Waals surface area contributed by atoms with E-state index in [1.807, 2.05) is 6.92 Å². The van der Waals surface area contributed by atoms with Crippen molar-refractivity contribution >= 4 is 17.6 Å². The number of rotatable bonds is 8. The van der Waals surface area contributed by atoms with E-state index in [2.05, 4.69) is 6.92 Å². The monoisotopic (exact) mass is 234 g/mol. The molecule has 2 nitrogen and oxygen atoms in total. The zero-order chi connectivity index (χ0) is 11.7. The smallest absolute Gasteiger partial charge is 0.303 e. The third-order valence-corrected chi connectivity index (χ3v) is 2.81. The predicted molar refractivity (Wildman–Crippen MR) is 64.3 cm³/mol. The molecule has 0 fully saturated rings. The Morgan fingerprint density at radius 2 is 1.87 bits per heavy atom. The normalized spacial score (nSPS) is 14.7. The summed E-state index contributed by atoms with van der Waals surface area (Å²) in [5.41, 5.74) is -0.310. The summed E-state index contributed by atoms with van der Waals surface area (Å²) in [6.07, 6.45) is 6.19. The fourth-order valence-corrected chi connectivity index (χ4v) is 1.90. The number of carbonyl (C=O) groups is 1. The van der Waals surface area contributed by atoms with Gasteiger partial charge in [0.25, 0.3) is 0 Å². The maximum Gasteiger partial charge on any atom is 0.303 e. The van der Waals surface area contributed by atoms with Gasteiger partial charge in [-0.15, -0.1) is 11.6 Å². The van der Waals surface area contributed by atoms with Crippen molar-refractivity contribution in [1.82, 2.24) is 0 Å². The maximum absolute atomic E-state index is 11.0. The van der Waals surface area contributed by atoms with Crippen LogP contribution in [-0.2, 0) is 9.53 Å². The van der Waals surface area contributed by atoms with Crippen molar-refractivity contribution in [2.75, 3.05) is 5.88 Å². The summed E-state index contributed by atoms with van der Waals surface area (Å²) in [5, 5.41) is 0. The van der Waals surface area contributed by atoms with E-state index in [1.54, 1.807) is 0 Å². The third kappa shape index (κ3) is 7.66. The first-order chi connectivity index (χ1) is 7.04. The summed E-state index contributed by atoms with van der Waals surface area (Å²) in [6, 6.07) is 0. The minimum atomic E-state index is -0.310. The molecule has 3 heteroatoms. The van der Waals surface area contributed by atoms with Crippen LogP contribution in [0, 0.1) is 0 Å². The van der Waals surface area contributed by atoms with Gasteiger partial charge < -0.3 is 4.74 Å². The van der Waals surface area contributed by atoms with Gasteiger partial charge in [0, 0.05) is 12.8 Å². The van der Waals surface area contributed by atoms with Crippen molar-refractivity contribution in [3.05, 3.63) is 0 Å². The lowest BCUT2D eigenvalue weighted by molar-refractivity contribution is -0.156. The molecule has 1 atom stereocenters. The van der Waals surface area contributed by atoms with E-state index in [0.717, 1.165) is 25.7 Å². The van der Waals surface area contributed by atoms with Crippen LogP contribution >= 0.6 is 11.6 Å². The van der Waals surface area contributed by atoms with Crippen LogP contribution < -0.4 is 0 Å². The van der Waals surface area contributed by atoms with E-state index >= 15 is 0 Å². The topological polar surface area (TPSA) is 26.3 Å². The van der Waals surface area contributed by atoms with Gasteiger partial charge in [-0.05, 0) is 32.6 Å². The van der Waals surface area contributed by atoms with Crippen LogP contribution in [0.3, 0.4) is 0 Å². The zero-order valence-electron chi connectivity index (χ0n) is 10.1. The number of hydrogen-bond acceptors (Lipinski definition) is 2. The Morgan fingerprint density at radius 3 is 2.33 bits per heavy atom. The van der Waals surface area contributed by atoms with Crippen LogP contribution in [0.4, 0.5) is 0 Å². The van der Waals surface area contributed by atoms with Gasteiger partial charge in [0.1, 0.15) is 5.60 Å². The predicted octanol–water partition coefficient (Wildman–Crippen LogP) is 3.91. The second kappa shape index (κ2) is 7.98. The average Bonchev–Trinajstić information content (AvgIpc) is 2.14. The van der Waals surface area contributed by atoms with E-state index in [0.29, 0.717) is 5.88 Å². The minimum absolute atomic E-state index is 0.191. The molecular weight excluding hydrogens is 212 g/mol. The molecule has 0 aliphatic carbocycles. The maximum atomic E-state index is 11.0. The fourth-order valence-electron chi connectivity index (χ4n) is 1.76. The number of hydrogen-bond donors (Lipinski definition) is 0. The molecule has 0 spiro atoms. The highest BCUT2D eigenvalue weighted by molar-refractivity contribution is 6.17. The van der Waals surface area contributed by atoms with E-state index in [4.69, 9.17) is 16.3 Å². The summed E-state index contributed by atoms with van der Waals surface area (Å²) in [7, 11) is 0. The molecule has 15 heavy (non-hydrogen) atoms. The lowest BCUT2D eigenvalue weighted by Crippen LogP contribution is -2.31. The number of alkyl halides is 1. The zero-order valence-corrected chi connectivity index (χ0v) is 10.9. The van der Waals surface area contributed by atoms with E-state index < -0.39 is 0 Å². The molecular formula is C12H23ClO2. The molecule has 1 unspecified atom stereocenters. The molecule has 0 aliphatic heterocycles. The number of halogens is 1. The summed E-state index contributed by atoms with van der Waals surface area (Å²) in [6.45, 7) is 5.65. The van der Waals surface area contributed by atoms with E-state index in [-0.39, 0.29) is 11.6 Å². The summed E-state index contributed by atoms with van der Waals surface area (Å²) in [4.78, 5) is 11.0. The van der Waals surface area contributed by atoms with Crippen molar-refractivity contribution in [2.24, 2.45) is 0 Å². The second-order valence-electron chi connectivity index (χ2n) is 4.29. The van der Waals surface area contributed by atoms with Gasteiger partial charge >= 0.3 is 5.97 Å². The molecule has 90 valence electrons. The van der Waals surface area contributed by atoms with Gasteiger partial charge in [0.2, 0.25) is 0 Å². The Bertz CT molecular complexity index is 182. The molecule has 0 N–H and O–H groups in total. The Kier molecular flexibility index (Phi) is 7.85.